The third-order valence-electron chi connectivity index (χ3n) is 4.07. The van der Waals surface area contributed by atoms with Crippen LogP contribution < -0.4 is 4.74 Å². The van der Waals surface area contributed by atoms with Gasteiger partial charge < -0.3 is 9.84 Å². The lowest BCUT2D eigenvalue weighted by atomic mass is 10.0. The number of fused-ring (bicyclic) bond motifs is 1. The number of alkyl halides is 3. The number of aliphatic hydroxyl groups excluding tert-OH is 1. The van der Waals surface area contributed by atoms with E-state index >= 15 is 0 Å². The number of carbonyl (C=O) groups excluding carboxylic acids is 1. The van der Waals surface area contributed by atoms with Crippen LogP contribution in [0.1, 0.15) is 32.7 Å². The van der Waals surface area contributed by atoms with Gasteiger partial charge in [-0.25, -0.2) is 0 Å². The van der Waals surface area contributed by atoms with E-state index in [2.05, 4.69) is 4.98 Å². The van der Waals surface area contributed by atoms with Crippen molar-refractivity contribution in [2.24, 2.45) is 0 Å². The second-order valence-electron chi connectivity index (χ2n) is 5.55. The van der Waals surface area contributed by atoms with Crippen LogP contribution in [0.25, 0.3) is 6.08 Å². The second kappa shape index (κ2) is 6.33. The Morgan fingerprint density at radius 2 is 2.08 bits per heavy atom. The monoisotopic (exact) mass is 349 g/mol. The van der Waals surface area contributed by atoms with Gasteiger partial charge in [-0.05, 0) is 18.2 Å². The maximum Gasteiger partial charge on any atom is 0.418 e. The van der Waals surface area contributed by atoms with Gasteiger partial charge in [-0.15, -0.1) is 0 Å². The van der Waals surface area contributed by atoms with Gasteiger partial charge in [-0.3, -0.25) is 9.78 Å². The van der Waals surface area contributed by atoms with Crippen LogP contribution in [0.4, 0.5) is 13.2 Å². The molecule has 7 heteroatoms. The lowest BCUT2D eigenvalue weighted by molar-refractivity contribution is -0.138. The fourth-order valence-electron chi connectivity index (χ4n) is 2.94. The first-order valence-corrected chi connectivity index (χ1v) is 7.44. The Bertz CT molecular complexity index is 872. The summed E-state index contributed by atoms with van der Waals surface area (Å²) < 4.78 is 44.6. The maximum atomic E-state index is 13.1. The zero-order chi connectivity index (χ0) is 18.2. The average Bonchev–Trinajstić information content (AvgIpc) is 2.89. The Hall–Kier alpha value is -2.67. The molecule has 1 aliphatic carbocycles. The van der Waals surface area contributed by atoms with Crippen LogP contribution in [-0.4, -0.2) is 23.0 Å². The summed E-state index contributed by atoms with van der Waals surface area (Å²) in [6, 6.07) is 5.25. The van der Waals surface area contributed by atoms with Gasteiger partial charge in [0.05, 0.1) is 25.0 Å². The summed E-state index contributed by atoms with van der Waals surface area (Å²) >= 11 is 0. The number of aliphatic hydroxyl groups is 1. The van der Waals surface area contributed by atoms with Crippen LogP contribution in [0.15, 0.2) is 36.0 Å². The van der Waals surface area contributed by atoms with Gasteiger partial charge >= 0.3 is 6.18 Å². The molecule has 0 radical (unpaired) electrons. The number of Topliss-reactive ketones (excluding diaryl/α,β-unsaturated/α-hetero) is 1. The highest BCUT2D eigenvalue weighted by atomic mass is 19.4. The lowest BCUT2D eigenvalue weighted by Gasteiger charge is -2.10. The van der Waals surface area contributed by atoms with Crippen molar-refractivity contribution in [2.75, 3.05) is 7.11 Å². The molecule has 1 aliphatic rings. The van der Waals surface area contributed by atoms with Crippen molar-refractivity contribution in [3.63, 3.8) is 0 Å². The summed E-state index contributed by atoms with van der Waals surface area (Å²) in [7, 11) is 1.42. The summed E-state index contributed by atoms with van der Waals surface area (Å²) in [4.78, 5) is 16.3. The van der Waals surface area contributed by atoms with Crippen molar-refractivity contribution in [2.45, 2.75) is 19.2 Å². The summed E-state index contributed by atoms with van der Waals surface area (Å²) in [6.45, 7) is -0.262. The van der Waals surface area contributed by atoms with E-state index in [1.165, 1.54) is 25.4 Å². The lowest BCUT2D eigenvalue weighted by Crippen LogP contribution is -2.09. The number of methoxy groups -OCH3 is 1. The fraction of sp³-hybridized carbons (Fsp3) is 0.222. The largest absolute Gasteiger partial charge is 0.496 e. The van der Waals surface area contributed by atoms with Crippen LogP contribution in [0.3, 0.4) is 0 Å². The third-order valence-corrected chi connectivity index (χ3v) is 4.07. The third kappa shape index (κ3) is 3.02. The van der Waals surface area contributed by atoms with Gasteiger partial charge in [0.15, 0.2) is 5.78 Å². The molecule has 1 aromatic heterocycles. The smallest absolute Gasteiger partial charge is 0.418 e. The molecule has 0 saturated heterocycles. The van der Waals surface area contributed by atoms with Gasteiger partial charge in [-0.2, -0.15) is 13.2 Å². The molecule has 1 aromatic carbocycles. The Balaban J connectivity index is 2.08. The number of rotatable bonds is 3. The van der Waals surface area contributed by atoms with Crippen LogP contribution in [0.5, 0.6) is 5.75 Å². The summed E-state index contributed by atoms with van der Waals surface area (Å²) in [5, 5.41) is 9.36. The molecule has 1 N–H and O–H groups in total. The van der Waals surface area contributed by atoms with E-state index in [1.54, 1.807) is 12.1 Å². The standard InChI is InChI=1S/C18H14F3NO3/c1-25-17-10(9-23)4-5-12-13(17)7-11(16(12)24)8-15-14(18(19,20)21)3-2-6-22-15/h2-6,8,23H,7,9H2,1H3. The Labute approximate surface area is 141 Å². The fourth-order valence-corrected chi connectivity index (χ4v) is 2.94. The molecule has 0 spiro atoms. The van der Waals surface area contributed by atoms with Gasteiger partial charge in [-0.1, -0.05) is 12.1 Å². The Morgan fingerprint density at radius 3 is 2.72 bits per heavy atom. The van der Waals surface area contributed by atoms with Crippen molar-refractivity contribution in [3.05, 3.63) is 64.0 Å². The number of nitrogens with zero attached hydrogens (tertiary/aromatic N) is 1. The number of aromatic nitrogens is 1. The normalized spacial score (nSPS) is 15.6. The molecule has 3 rings (SSSR count). The molecule has 1 heterocycles. The number of halogens is 3. The molecule has 0 bridgehead atoms. The van der Waals surface area contributed by atoms with E-state index < -0.39 is 11.7 Å². The number of hydrogen-bond acceptors (Lipinski definition) is 4. The molecule has 0 saturated carbocycles. The average molecular weight is 349 g/mol. The molecule has 0 fully saturated rings. The van der Waals surface area contributed by atoms with Crippen molar-refractivity contribution in [1.82, 2.24) is 4.98 Å². The number of hydrogen-bond donors (Lipinski definition) is 1. The number of pyridine rings is 1. The number of allylic oxidation sites excluding steroid dienone is 1. The number of benzene rings is 1. The first kappa shape index (κ1) is 17.2. The van der Waals surface area contributed by atoms with Crippen molar-refractivity contribution >= 4 is 11.9 Å². The van der Waals surface area contributed by atoms with E-state index in [-0.39, 0.29) is 30.1 Å². The predicted octanol–water partition coefficient (Wildman–Crippen LogP) is 3.42. The minimum Gasteiger partial charge on any atom is -0.496 e. The van der Waals surface area contributed by atoms with Crippen LogP contribution in [-0.2, 0) is 19.2 Å². The maximum absolute atomic E-state index is 13.1. The van der Waals surface area contributed by atoms with Crippen molar-refractivity contribution < 1.29 is 27.8 Å². The van der Waals surface area contributed by atoms with Gasteiger partial charge in [0.1, 0.15) is 5.75 Å². The van der Waals surface area contributed by atoms with Gasteiger partial charge in [0.25, 0.3) is 0 Å². The van der Waals surface area contributed by atoms with E-state index in [4.69, 9.17) is 4.74 Å². The Kier molecular flexibility index (Phi) is 4.34. The molecule has 25 heavy (non-hydrogen) atoms. The molecular weight excluding hydrogens is 335 g/mol. The highest BCUT2D eigenvalue weighted by Gasteiger charge is 2.35. The van der Waals surface area contributed by atoms with Crippen LogP contribution >= 0.6 is 0 Å². The first-order valence-electron chi connectivity index (χ1n) is 7.44. The first-order chi connectivity index (χ1) is 11.9. The molecule has 2 aromatic rings. The van der Waals surface area contributed by atoms with E-state index in [9.17, 15) is 23.1 Å². The molecule has 0 aliphatic heterocycles. The quantitative estimate of drug-likeness (QED) is 0.863. The molecule has 0 amide bonds. The Morgan fingerprint density at radius 1 is 1.32 bits per heavy atom. The highest BCUT2D eigenvalue weighted by Crippen LogP contribution is 2.38. The van der Waals surface area contributed by atoms with Crippen LogP contribution in [0.2, 0.25) is 0 Å². The molecular formula is C18H14F3NO3. The summed E-state index contributed by atoms with van der Waals surface area (Å²) in [5.74, 6) is 0.0189. The topological polar surface area (TPSA) is 59.4 Å². The van der Waals surface area contributed by atoms with E-state index in [0.717, 1.165) is 6.07 Å². The molecule has 4 nitrogen and oxygen atoms in total. The predicted molar refractivity (Wildman–Crippen MR) is 84.2 cm³/mol. The van der Waals surface area contributed by atoms with Crippen molar-refractivity contribution in [3.8, 4) is 5.75 Å². The number of ether oxygens (including phenoxy) is 1. The molecule has 130 valence electrons. The minimum absolute atomic E-state index is 0.124. The minimum atomic E-state index is -4.56. The van der Waals surface area contributed by atoms with Gasteiger partial charge in [0, 0.05) is 34.9 Å². The highest BCUT2D eigenvalue weighted by molar-refractivity contribution is 6.16. The zero-order valence-electron chi connectivity index (χ0n) is 13.2. The van der Waals surface area contributed by atoms with E-state index in [1.807, 2.05) is 0 Å². The van der Waals surface area contributed by atoms with Gasteiger partial charge in [0.2, 0.25) is 0 Å². The second-order valence-corrected chi connectivity index (χ2v) is 5.55. The van der Waals surface area contributed by atoms with Crippen molar-refractivity contribution in [1.29, 1.82) is 0 Å². The SMILES string of the molecule is COc1c(CO)ccc2c1CC(=Cc1ncccc1C(F)(F)F)C2=O. The van der Waals surface area contributed by atoms with Crippen LogP contribution in [0, 0.1) is 0 Å². The number of ketones is 1. The summed E-state index contributed by atoms with van der Waals surface area (Å²) in [5.41, 5.74) is 0.457. The summed E-state index contributed by atoms with van der Waals surface area (Å²) in [6.07, 6.45) is -2.02. The zero-order valence-corrected chi connectivity index (χ0v) is 13.2. The van der Waals surface area contributed by atoms with E-state index in [0.29, 0.717) is 22.4 Å². The number of carbonyl (C=O) groups is 1. The molecule has 0 atom stereocenters. The molecule has 0 unspecified atom stereocenters.